The average molecular weight is 234 g/mol. The lowest BCUT2D eigenvalue weighted by Gasteiger charge is -2.13. The molecular weight excluding hydrogens is 212 g/mol. The number of hydrogen-bond donors (Lipinski definition) is 2. The molecule has 0 radical (unpaired) electrons. The van der Waals surface area contributed by atoms with Gasteiger partial charge in [0, 0.05) is 19.1 Å². The van der Waals surface area contributed by atoms with E-state index in [0.29, 0.717) is 19.1 Å². The van der Waals surface area contributed by atoms with Gasteiger partial charge in [0.25, 0.3) is 0 Å². The number of rotatable bonds is 8. The fourth-order valence-electron chi connectivity index (χ4n) is 1.67. The number of hydrogen-bond acceptors (Lipinski definition) is 3. The lowest BCUT2D eigenvalue weighted by molar-refractivity contribution is 0.498. The van der Waals surface area contributed by atoms with Crippen LogP contribution >= 0.6 is 0 Å². The molecule has 0 spiro atoms. The Morgan fingerprint density at radius 2 is 2.07 bits per heavy atom. The second kappa shape index (κ2) is 5.82. The van der Waals surface area contributed by atoms with Crippen molar-refractivity contribution in [3.05, 3.63) is 0 Å². The predicted octanol–water partition coefficient (Wildman–Crippen LogP) is 0.704. The van der Waals surface area contributed by atoms with E-state index in [1.807, 2.05) is 0 Å². The molecule has 0 aromatic rings. The third-order valence-corrected chi connectivity index (χ3v) is 4.08. The van der Waals surface area contributed by atoms with Crippen molar-refractivity contribution in [1.29, 1.82) is 0 Å². The molecule has 0 aliphatic heterocycles. The molecule has 0 bridgehead atoms. The Hall–Kier alpha value is -0.130. The highest BCUT2D eigenvalue weighted by molar-refractivity contribution is 7.89. The fraction of sp³-hybridized carbons (Fsp3) is 1.00. The zero-order valence-electron chi connectivity index (χ0n) is 9.62. The van der Waals surface area contributed by atoms with E-state index >= 15 is 0 Å². The van der Waals surface area contributed by atoms with E-state index in [1.54, 1.807) is 6.92 Å². The first-order valence-corrected chi connectivity index (χ1v) is 7.39. The lowest BCUT2D eigenvalue weighted by Crippen LogP contribution is -2.35. The first kappa shape index (κ1) is 12.9. The Labute approximate surface area is 92.9 Å². The molecule has 0 amide bonds. The van der Waals surface area contributed by atoms with E-state index in [9.17, 15) is 8.42 Å². The molecule has 1 saturated carbocycles. The second-order valence-electron chi connectivity index (χ2n) is 4.35. The Kier molecular flexibility index (Phi) is 5.02. The van der Waals surface area contributed by atoms with Crippen LogP contribution in [0.15, 0.2) is 0 Å². The first-order valence-electron chi connectivity index (χ1n) is 5.74. The van der Waals surface area contributed by atoms with Crippen molar-refractivity contribution in [2.45, 2.75) is 39.2 Å². The highest BCUT2D eigenvalue weighted by Gasteiger charge is 2.23. The summed E-state index contributed by atoms with van der Waals surface area (Å²) in [4.78, 5) is 0. The Morgan fingerprint density at radius 3 is 2.60 bits per heavy atom. The van der Waals surface area contributed by atoms with Gasteiger partial charge in [0.05, 0.1) is 5.75 Å². The normalized spacial score (nSPS) is 19.1. The molecule has 0 aromatic carbocycles. The molecule has 1 aliphatic rings. The van der Waals surface area contributed by atoms with Crippen LogP contribution in [0.4, 0.5) is 0 Å². The van der Waals surface area contributed by atoms with Gasteiger partial charge in [-0.05, 0) is 19.3 Å². The minimum absolute atomic E-state index is 0.176. The fourth-order valence-corrected chi connectivity index (χ4v) is 2.64. The van der Waals surface area contributed by atoms with Crippen LogP contribution in [0.1, 0.15) is 33.1 Å². The summed E-state index contributed by atoms with van der Waals surface area (Å²) in [7, 11) is -3.05. The van der Waals surface area contributed by atoms with E-state index in [1.165, 1.54) is 19.3 Å². The highest BCUT2D eigenvalue weighted by atomic mass is 32.2. The third-order valence-electron chi connectivity index (χ3n) is 2.61. The van der Waals surface area contributed by atoms with Crippen molar-refractivity contribution in [3.63, 3.8) is 0 Å². The molecule has 2 N–H and O–H groups in total. The van der Waals surface area contributed by atoms with Crippen molar-refractivity contribution in [3.8, 4) is 0 Å². The molecule has 0 heterocycles. The summed E-state index contributed by atoms with van der Waals surface area (Å²) in [5.74, 6) is 1.06. The smallest absolute Gasteiger partial charge is 0.212 e. The highest BCUT2D eigenvalue weighted by Crippen LogP contribution is 2.33. The SMILES string of the molecule is CCNS(=O)(=O)CCNC(C)CC1CC1. The monoisotopic (exact) mass is 234 g/mol. The van der Waals surface area contributed by atoms with Gasteiger partial charge >= 0.3 is 0 Å². The molecule has 1 rings (SSSR count). The van der Waals surface area contributed by atoms with Crippen molar-refractivity contribution in [2.24, 2.45) is 5.92 Å². The Bertz CT molecular complexity index is 273. The van der Waals surface area contributed by atoms with Crippen molar-refractivity contribution in [2.75, 3.05) is 18.8 Å². The van der Waals surface area contributed by atoms with Gasteiger partial charge in [0.15, 0.2) is 0 Å². The standard InChI is InChI=1S/C10H22N2O2S/c1-3-12-15(13,14)7-6-11-9(2)8-10-4-5-10/h9-12H,3-8H2,1-2H3. The maximum atomic E-state index is 11.3. The minimum atomic E-state index is -3.05. The zero-order chi connectivity index (χ0) is 11.3. The first-order chi connectivity index (χ1) is 7.03. The predicted molar refractivity (Wildman–Crippen MR) is 62.3 cm³/mol. The van der Waals surface area contributed by atoms with E-state index in [0.717, 1.165) is 5.92 Å². The van der Waals surface area contributed by atoms with E-state index in [-0.39, 0.29) is 5.75 Å². The summed E-state index contributed by atoms with van der Waals surface area (Å²) in [6.07, 6.45) is 3.88. The van der Waals surface area contributed by atoms with Gasteiger partial charge in [-0.25, -0.2) is 13.1 Å². The van der Waals surface area contributed by atoms with Crippen LogP contribution in [0.5, 0.6) is 0 Å². The average Bonchev–Trinajstić information content (AvgIpc) is 2.87. The number of nitrogens with one attached hydrogen (secondary N) is 2. The van der Waals surface area contributed by atoms with Crippen molar-refractivity contribution in [1.82, 2.24) is 10.0 Å². The van der Waals surface area contributed by atoms with Gasteiger partial charge in [0.1, 0.15) is 0 Å². The molecule has 0 aromatic heterocycles. The summed E-state index contributed by atoms with van der Waals surface area (Å²) in [6.45, 7) is 4.93. The lowest BCUT2D eigenvalue weighted by atomic mass is 10.2. The van der Waals surface area contributed by atoms with Crippen LogP contribution in [-0.4, -0.2) is 33.3 Å². The molecule has 5 heteroatoms. The molecule has 4 nitrogen and oxygen atoms in total. The van der Waals surface area contributed by atoms with Crippen molar-refractivity contribution >= 4 is 10.0 Å². The van der Waals surface area contributed by atoms with Crippen LogP contribution in [0.3, 0.4) is 0 Å². The Morgan fingerprint density at radius 1 is 1.40 bits per heavy atom. The zero-order valence-corrected chi connectivity index (χ0v) is 10.4. The van der Waals surface area contributed by atoms with Gasteiger partial charge in [-0.2, -0.15) is 0 Å². The molecule has 1 aliphatic carbocycles. The summed E-state index contributed by atoms with van der Waals surface area (Å²) in [5, 5.41) is 3.25. The van der Waals surface area contributed by atoms with Crippen LogP contribution in [-0.2, 0) is 10.0 Å². The van der Waals surface area contributed by atoms with Gasteiger partial charge in [-0.3, -0.25) is 0 Å². The Balaban J connectivity index is 2.08. The summed E-state index contributed by atoms with van der Waals surface area (Å²) < 4.78 is 25.1. The molecule has 15 heavy (non-hydrogen) atoms. The third kappa shape index (κ3) is 6.12. The largest absolute Gasteiger partial charge is 0.313 e. The quantitative estimate of drug-likeness (QED) is 0.650. The van der Waals surface area contributed by atoms with E-state index in [4.69, 9.17) is 0 Å². The van der Waals surface area contributed by atoms with Gasteiger partial charge in [-0.15, -0.1) is 0 Å². The summed E-state index contributed by atoms with van der Waals surface area (Å²) in [6, 6.07) is 0.439. The molecule has 1 fully saturated rings. The van der Waals surface area contributed by atoms with Gasteiger partial charge in [0.2, 0.25) is 10.0 Å². The number of sulfonamides is 1. The molecule has 0 saturated heterocycles. The van der Waals surface area contributed by atoms with E-state index < -0.39 is 10.0 Å². The van der Waals surface area contributed by atoms with Crippen LogP contribution in [0.25, 0.3) is 0 Å². The molecular formula is C10H22N2O2S. The molecule has 1 unspecified atom stereocenters. The minimum Gasteiger partial charge on any atom is -0.313 e. The van der Waals surface area contributed by atoms with Crippen LogP contribution in [0.2, 0.25) is 0 Å². The van der Waals surface area contributed by atoms with Gasteiger partial charge < -0.3 is 5.32 Å². The van der Waals surface area contributed by atoms with E-state index in [2.05, 4.69) is 17.0 Å². The van der Waals surface area contributed by atoms with Crippen LogP contribution in [0, 0.1) is 5.92 Å². The summed E-state index contributed by atoms with van der Waals surface area (Å²) >= 11 is 0. The topological polar surface area (TPSA) is 58.2 Å². The maximum absolute atomic E-state index is 11.3. The second-order valence-corrected chi connectivity index (χ2v) is 6.28. The van der Waals surface area contributed by atoms with Crippen molar-refractivity contribution < 1.29 is 8.42 Å². The maximum Gasteiger partial charge on any atom is 0.212 e. The van der Waals surface area contributed by atoms with Crippen LogP contribution < -0.4 is 10.0 Å². The van der Waals surface area contributed by atoms with Gasteiger partial charge in [-0.1, -0.05) is 19.8 Å². The summed E-state index contributed by atoms with van der Waals surface area (Å²) in [5.41, 5.74) is 0. The molecule has 1 atom stereocenters. The molecule has 90 valence electrons.